The Morgan fingerprint density at radius 1 is 1.29 bits per heavy atom. The van der Waals surface area contributed by atoms with Crippen LogP contribution in [0, 0.1) is 0 Å². The number of anilines is 1. The minimum absolute atomic E-state index is 0.335. The quantitative estimate of drug-likeness (QED) is 0.550. The van der Waals surface area contributed by atoms with Crippen LogP contribution in [0.2, 0.25) is 0 Å². The molecule has 116 valence electrons. The third kappa shape index (κ3) is 5.91. The molecular formula is C13H14Cl4N2O2. The van der Waals surface area contributed by atoms with Gasteiger partial charge in [-0.15, -0.1) is 0 Å². The molecule has 0 fully saturated rings. The Kier molecular flexibility index (Phi) is 7.07. The second-order valence-electron chi connectivity index (χ2n) is 3.94. The number of halogens is 4. The molecule has 0 radical (unpaired) electrons. The molecular weight excluding hydrogens is 358 g/mol. The summed E-state index contributed by atoms with van der Waals surface area (Å²) in [6, 6.07) is 7.05. The fourth-order valence-corrected chi connectivity index (χ4v) is 1.80. The maximum Gasteiger partial charge on any atom is 0.440 e. The first kappa shape index (κ1) is 18.4. The summed E-state index contributed by atoms with van der Waals surface area (Å²) in [5.41, 5.74) is 0.932. The molecule has 4 nitrogen and oxygen atoms in total. The highest BCUT2D eigenvalue weighted by Gasteiger charge is 2.27. The molecule has 0 spiro atoms. The van der Waals surface area contributed by atoms with E-state index in [1.807, 2.05) is 19.9 Å². The van der Waals surface area contributed by atoms with Gasteiger partial charge in [-0.2, -0.15) is 4.99 Å². The highest BCUT2D eigenvalue weighted by Crippen LogP contribution is 2.30. The van der Waals surface area contributed by atoms with E-state index in [2.05, 4.69) is 9.89 Å². The van der Waals surface area contributed by atoms with Gasteiger partial charge in [0.15, 0.2) is 5.17 Å². The van der Waals surface area contributed by atoms with Crippen molar-refractivity contribution in [3.63, 3.8) is 0 Å². The van der Waals surface area contributed by atoms with Crippen molar-refractivity contribution < 1.29 is 9.53 Å². The van der Waals surface area contributed by atoms with E-state index in [-0.39, 0.29) is 0 Å². The van der Waals surface area contributed by atoms with Gasteiger partial charge in [0.25, 0.3) is 0 Å². The van der Waals surface area contributed by atoms with E-state index in [1.165, 1.54) is 0 Å². The number of aliphatic imine (C=N–C) groups is 1. The van der Waals surface area contributed by atoms with E-state index < -0.39 is 15.1 Å². The third-order valence-electron chi connectivity index (χ3n) is 2.57. The summed E-state index contributed by atoms with van der Waals surface area (Å²) in [6.07, 6.45) is -0.956. The first-order valence-corrected chi connectivity index (χ1v) is 7.67. The summed E-state index contributed by atoms with van der Waals surface area (Å²) in [7, 11) is 0. The number of nitrogens with zero attached hydrogens (tertiary/aromatic N) is 2. The number of ether oxygens (including phenoxy) is 1. The molecule has 0 unspecified atom stereocenters. The van der Waals surface area contributed by atoms with E-state index in [0.717, 1.165) is 18.8 Å². The Labute approximate surface area is 143 Å². The molecule has 8 heteroatoms. The highest BCUT2D eigenvalue weighted by molar-refractivity contribution is 6.89. The second-order valence-corrected chi connectivity index (χ2v) is 6.58. The maximum absolute atomic E-state index is 11.6. The van der Waals surface area contributed by atoms with Crippen LogP contribution in [-0.4, -0.2) is 28.1 Å². The number of hydrogen-bond acceptors (Lipinski definition) is 3. The van der Waals surface area contributed by atoms with Gasteiger partial charge in [-0.25, -0.2) is 4.79 Å². The minimum atomic E-state index is -1.95. The average molecular weight is 372 g/mol. The van der Waals surface area contributed by atoms with Crippen LogP contribution in [0.1, 0.15) is 13.8 Å². The lowest BCUT2D eigenvalue weighted by Crippen LogP contribution is -2.21. The Morgan fingerprint density at radius 2 is 1.90 bits per heavy atom. The zero-order valence-corrected chi connectivity index (χ0v) is 14.5. The number of rotatable bonds is 4. The standard InChI is InChI=1S/C13H14Cl4N2O2/c1-3-19(4-2)9-6-5-7-10(8-9)21-12(20)18-11(14)13(15,16)17/h5-8H,3-4H2,1-2H3. The van der Waals surface area contributed by atoms with Gasteiger partial charge in [0, 0.05) is 24.8 Å². The van der Waals surface area contributed by atoms with Crippen molar-refractivity contribution in [1.82, 2.24) is 0 Å². The minimum Gasteiger partial charge on any atom is -0.409 e. The topological polar surface area (TPSA) is 41.9 Å². The van der Waals surface area contributed by atoms with E-state index in [0.29, 0.717) is 5.75 Å². The largest absolute Gasteiger partial charge is 0.440 e. The number of hydrogen-bond donors (Lipinski definition) is 0. The van der Waals surface area contributed by atoms with Gasteiger partial charge in [-0.3, -0.25) is 0 Å². The Morgan fingerprint density at radius 3 is 2.43 bits per heavy atom. The number of alkyl halides is 3. The molecule has 21 heavy (non-hydrogen) atoms. The van der Waals surface area contributed by atoms with Gasteiger partial charge >= 0.3 is 6.09 Å². The summed E-state index contributed by atoms with van der Waals surface area (Å²) < 4.78 is 3.09. The van der Waals surface area contributed by atoms with Crippen LogP contribution in [0.5, 0.6) is 5.75 Å². The summed E-state index contributed by atoms with van der Waals surface area (Å²) in [5, 5.41) is -0.475. The molecule has 0 saturated heterocycles. The predicted molar refractivity (Wildman–Crippen MR) is 89.6 cm³/mol. The van der Waals surface area contributed by atoms with Crippen LogP contribution in [0.3, 0.4) is 0 Å². The molecule has 1 aromatic rings. The van der Waals surface area contributed by atoms with Crippen molar-refractivity contribution in [2.24, 2.45) is 4.99 Å². The van der Waals surface area contributed by atoms with Crippen molar-refractivity contribution in [3.8, 4) is 5.75 Å². The fourth-order valence-electron chi connectivity index (χ4n) is 1.60. The van der Waals surface area contributed by atoms with Crippen LogP contribution >= 0.6 is 46.4 Å². The third-order valence-corrected chi connectivity index (χ3v) is 3.77. The van der Waals surface area contributed by atoms with Crippen LogP contribution in [0.4, 0.5) is 10.5 Å². The summed E-state index contributed by atoms with van der Waals surface area (Å²) >= 11 is 22.1. The molecule has 0 saturated carbocycles. The monoisotopic (exact) mass is 370 g/mol. The lowest BCUT2D eigenvalue weighted by Gasteiger charge is -2.21. The van der Waals surface area contributed by atoms with Gasteiger partial charge in [0.05, 0.1) is 0 Å². The SMILES string of the molecule is CCN(CC)c1cccc(OC(=O)N=C(Cl)C(Cl)(Cl)Cl)c1. The van der Waals surface area contributed by atoms with Crippen molar-refractivity contribution in [1.29, 1.82) is 0 Å². The van der Waals surface area contributed by atoms with E-state index in [1.54, 1.807) is 18.2 Å². The first-order valence-electron chi connectivity index (χ1n) is 6.16. The van der Waals surface area contributed by atoms with Gasteiger partial charge in [-0.05, 0) is 26.0 Å². The van der Waals surface area contributed by atoms with Crippen LogP contribution < -0.4 is 9.64 Å². The average Bonchev–Trinajstić information content (AvgIpc) is 2.39. The Balaban J connectivity index is 2.85. The molecule has 0 bridgehead atoms. The maximum atomic E-state index is 11.6. The fraction of sp³-hybridized carbons (Fsp3) is 0.385. The molecule has 0 heterocycles. The zero-order valence-electron chi connectivity index (χ0n) is 11.4. The Hall–Kier alpha value is -0.680. The van der Waals surface area contributed by atoms with Gasteiger partial charge < -0.3 is 9.64 Å². The molecule has 0 aliphatic rings. The Bertz CT molecular complexity index is 525. The molecule has 1 aromatic carbocycles. The van der Waals surface area contributed by atoms with E-state index in [9.17, 15) is 4.79 Å². The molecule has 1 rings (SSSR count). The van der Waals surface area contributed by atoms with Crippen molar-refractivity contribution >= 4 is 63.4 Å². The molecule has 0 atom stereocenters. The van der Waals surface area contributed by atoms with Gasteiger partial charge in [-0.1, -0.05) is 52.5 Å². The van der Waals surface area contributed by atoms with Crippen molar-refractivity contribution in [2.75, 3.05) is 18.0 Å². The number of benzene rings is 1. The van der Waals surface area contributed by atoms with Crippen molar-refractivity contribution in [2.45, 2.75) is 17.6 Å². The number of amides is 1. The lowest BCUT2D eigenvalue weighted by molar-refractivity contribution is 0.211. The van der Waals surface area contributed by atoms with Crippen LogP contribution in [0.25, 0.3) is 0 Å². The molecule has 1 amide bonds. The number of carbonyl (C=O) groups excluding carboxylic acids is 1. The molecule has 0 aromatic heterocycles. The molecule has 0 aliphatic carbocycles. The second kappa shape index (κ2) is 8.08. The first-order chi connectivity index (χ1) is 9.77. The summed E-state index contributed by atoms with van der Waals surface area (Å²) in [6.45, 7) is 5.75. The number of carbonyl (C=O) groups is 1. The van der Waals surface area contributed by atoms with Crippen molar-refractivity contribution in [3.05, 3.63) is 24.3 Å². The lowest BCUT2D eigenvalue weighted by atomic mass is 10.2. The summed E-state index contributed by atoms with van der Waals surface area (Å²) in [4.78, 5) is 17.1. The zero-order chi connectivity index (χ0) is 16.0. The van der Waals surface area contributed by atoms with Gasteiger partial charge in [0.2, 0.25) is 3.79 Å². The normalized spacial score (nSPS) is 12.2. The van der Waals surface area contributed by atoms with Crippen LogP contribution in [-0.2, 0) is 0 Å². The smallest absolute Gasteiger partial charge is 0.409 e. The predicted octanol–water partition coefficient (Wildman–Crippen LogP) is 5.04. The molecule has 0 aliphatic heterocycles. The van der Waals surface area contributed by atoms with E-state index in [4.69, 9.17) is 51.1 Å². The highest BCUT2D eigenvalue weighted by atomic mass is 35.6. The van der Waals surface area contributed by atoms with Gasteiger partial charge in [0.1, 0.15) is 5.75 Å². The van der Waals surface area contributed by atoms with E-state index >= 15 is 0 Å². The summed E-state index contributed by atoms with van der Waals surface area (Å²) in [5.74, 6) is 0.335. The molecule has 0 N–H and O–H groups in total. The van der Waals surface area contributed by atoms with Crippen LogP contribution in [0.15, 0.2) is 29.3 Å².